The monoisotopic (exact) mass is 684 g/mol. The summed E-state index contributed by atoms with van der Waals surface area (Å²) < 4.78 is 5.06. The Balaban J connectivity index is 1.51. The molecule has 0 saturated heterocycles. The molecule has 0 bridgehead atoms. The molecule has 0 aliphatic carbocycles. The fraction of sp³-hybridized carbons (Fsp3) is 0.688. The largest absolute Gasteiger partial charge is 0.244 e. The Morgan fingerprint density at radius 2 is 0.940 bits per heavy atom. The highest BCUT2D eigenvalue weighted by atomic mass is 15.1. The molecular formula is C48H79N2+. The third kappa shape index (κ3) is 17.2. The van der Waals surface area contributed by atoms with Gasteiger partial charge in [0.2, 0.25) is 6.33 Å². The van der Waals surface area contributed by atoms with Crippen molar-refractivity contribution in [3.8, 4) is 0 Å². The first-order valence-electron chi connectivity index (χ1n) is 21.8. The summed E-state index contributed by atoms with van der Waals surface area (Å²) in [5, 5.41) is 0. The maximum atomic E-state index is 2.59. The van der Waals surface area contributed by atoms with E-state index in [4.69, 9.17) is 0 Å². The van der Waals surface area contributed by atoms with E-state index in [1.54, 1.807) is 0 Å². The molecule has 0 N–H and O–H groups in total. The Hall–Kier alpha value is -2.35. The normalized spacial score (nSPS) is 13.4. The molecule has 0 fully saturated rings. The van der Waals surface area contributed by atoms with E-state index in [2.05, 4.69) is 109 Å². The Bertz CT molecular complexity index is 1170. The molecule has 2 atom stereocenters. The van der Waals surface area contributed by atoms with E-state index in [1.165, 1.54) is 178 Å². The van der Waals surface area contributed by atoms with Crippen molar-refractivity contribution >= 4 is 0 Å². The fourth-order valence-electron chi connectivity index (χ4n) is 8.27. The van der Waals surface area contributed by atoms with Crippen LogP contribution >= 0.6 is 0 Å². The lowest BCUT2D eigenvalue weighted by atomic mass is 9.70. The predicted molar refractivity (Wildman–Crippen MR) is 219 cm³/mol. The SMILES string of the molecule is CCCCCCCCCCCCCCCCCC(n1cc[n+](CCCCCCCCCCCC)c1)C(C)(Cc1ccccc1)c1ccccc1. The molecule has 1 heterocycles. The Morgan fingerprint density at radius 3 is 1.42 bits per heavy atom. The molecule has 0 radical (unpaired) electrons. The summed E-state index contributed by atoms with van der Waals surface area (Å²) in [4.78, 5) is 0. The van der Waals surface area contributed by atoms with E-state index < -0.39 is 0 Å². The number of aryl methyl sites for hydroxylation is 1. The number of nitrogens with zero attached hydrogens (tertiary/aromatic N) is 2. The average molecular weight is 684 g/mol. The van der Waals surface area contributed by atoms with Crippen LogP contribution in [0.25, 0.3) is 0 Å². The zero-order chi connectivity index (χ0) is 35.4. The van der Waals surface area contributed by atoms with Crippen LogP contribution in [0.1, 0.15) is 205 Å². The summed E-state index contributed by atoms with van der Waals surface area (Å²) in [6.45, 7) is 8.29. The van der Waals surface area contributed by atoms with E-state index in [1.807, 2.05) is 0 Å². The summed E-state index contributed by atoms with van der Waals surface area (Å²) in [6.07, 6.45) is 44.6. The van der Waals surface area contributed by atoms with Crippen LogP contribution in [0.2, 0.25) is 0 Å². The van der Waals surface area contributed by atoms with Crippen molar-refractivity contribution < 1.29 is 4.57 Å². The third-order valence-electron chi connectivity index (χ3n) is 11.5. The molecule has 0 aliphatic rings. The van der Waals surface area contributed by atoms with E-state index in [0.29, 0.717) is 6.04 Å². The lowest BCUT2D eigenvalue weighted by molar-refractivity contribution is -0.697. The summed E-state index contributed by atoms with van der Waals surface area (Å²) in [5.74, 6) is 0. The van der Waals surface area contributed by atoms with Gasteiger partial charge in [0.15, 0.2) is 0 Å². The summed E-state index contributed by atoms with van der Waals surface area (Å²) in [6, 6.07) is 23.1. The van der Waals surface area contributed by atoms with Crippen molar-refractivity contribution in [1.29, 1.82) is 0 Å². The smallest absolute Gasteiger partial charge is 0.237 e. The Kier molecular flexibility index (Phi) is 23.0. The number of hydrogen-bond donors (Lipinski definition) is 0. The van der Waals surface area contributed by atoms with Gasteiger partial charge in [0, 0.05) is 5.41 Å². The molecule has 0 saturated carbocycles. The maximum Gasteiger partial charge on any atom is 0.244 e. The Morgan fingerprint density at radius 1 is 0.520 bits per heavy atom. The second-order valence-electron chi connectivity index (χ2n) is 16.0. The quantitative estimate of drug-likeness (QED) is 0.0457. The van der Waals surface area contributed by atoms with Crippen LogP contribution in [0.15, 0.2) is 79.4 Å². The molecule has 50 heavy (non-hydrogen) atoms. The van der Waals surface area contributed by atoms with Crippen LogP contribution in [0, 0.1) is 0 Å². The van der Waals surface area contributed by atoms with Crippen LogP contribution in [-0.4, -0.2) is 4.57 Å². The molecule has 2 aromatic carbocycles. The van der Waals surface area contributed by atoms with E-state index in [0.717, 1.165) is 13.0 Å². The highest BCUT2D eigenvalue weighted by Gasteiger charge is 2.40. The summed E-state index contributed by atoms with van der Waals surface area (Å²) in [7, 11) is 0. The van der Waals surface area contributed by atoms with Gasteiger partial charge in [0.25, 0.3) is 0 Å². The van der Waals surface area contributed by atoms with Crippen molar-refractivity contribution in [3.63, 3.8) is 0 Å². The molecule has 3 aromatic rings. The van der Waals surface area contributed by atoms with Gasteiger partial charge in [-0.15, -0.1) is 0 Å². The van der Waals surface area contributed by atoms with Crippen molar-refractivity contribution in [2.75, 3.05) is 0 Å². The zero-order valence-corrected chi connectivity index (χ0v) is 33.3. The minimum Gasteiger partial charge on any atom is -0.237 e. The predicted octanol–water partition coefficient (Wildman–Crippen LogP) is 14.7. The number of benzene rings is 2. The lowest BCUT2D eigenvalue weighted by Gasteiger charge is -2.37. The topological polar surface area (TPSA) is 8.81 Å². The van der Waals surface area contributed by atoms with Crippen LogP contribution in [0.3, 0.4) is 0 Å². The van der Waals surface area contributed by atoms with E-state index in [-0.39, 0.29) is 5.41 Å². The van der Waals surface area contributed by atoms with Gasteiger partial charge in [-0.2, -0.15) is 0 Å². The van der Waals surface area contributed by atoms with Crippen LogP contribution in [0.4, 0.5) is 0 Å². The van der Waals surface area contributed by atoms with Gasteiger partial charge >= 0.3 is 0 Å². The number of imidazole rings is 1. The van der Waals surface area contributed by atoms with Crippen molar-refractivity contribution in [1.82, 2.24) is 4.57 Å². The molecule has 0 spiro atoms. The molecule has 0 amide bonds. The minimum atomic E-state index is 0.00654. The lowest BCUT2D eigenvalue weighted by Crippen LogP contribution is -2.38. The standard InChI is InChI=1S/C48H79N2/c1-4-6-8-10-12-14-16-17-18-19-20-21-23-25-33-39-47(48(3,46-37-31-28-32-38-46)43-45-35-29-27-30-36-45)50-42-41-49(44-50)40-34-26-24-22-15-13-11-9-7-5-2/h27-32,35-38,41-42,44,47H,4-26,33-34,39-40,43H2,1-3H3/q+1. The summed E-state index contributed by atoms with van der Waals surface area (Å²) in [5.41, 5.74) is 2.91. The first-order valence-corrected chi connectivity index (χ1v) is 21.8. The first-order chi connectivity index (χ1) is 24.7. The minimum absolute atomic E-state index is 0.00654. The number of rotatable bonds is 32. The molecule has 2 heteroatoms. The number of aromatic nitrogens is 2. The van der Waals surface area contributed by atoms with Gasteiger partial charge in [-0.05, 0) is 43.2 Å². The zero-order valence-electron chi connectivity index (χ0n) is 33.3. The molecule has 3 rings (SSSR count). The van der Waals surface area contributed by atoms with Gasteiger partial charge in [-0.25, -0.2) is 9.13 Å². The van der Waals surface area contributed by atoms with Crippen LogP contribution in [-0.2, 0) is 18.4 Å². The highest BCUT2D eigenvalue weighted by Crippen LogP contribution is 2.41. The van der Waals surface area contributed by atoms with Crippen molar-refractivity contribution in [3.05, 3.63) is 90.5 Å². The molecule has 1 aromatic heterocycles. The van der Waals surface area contributed by atoms with Crippen LogP contribution in [0.5, 0.6) is 0 Å². The summed E-state index contributed by atoms with van der Waals surface area (Å²) >= 11 is 0. The Labute approximate surface area is 310 Å². The van der Waals surface area contributed by atoms with Gasteiger partial charge < -0.3 is 0 Å². The van der Waals surface area contributed by atoms with Gasteiger partial charge in [0.1, 0.15) is 18.4 Å². The second-order valence-corrected chi connectivity index (χ2v) is 16.0. The second kappa shape index (κ2) is 27.3. The van der Waals surface area contributed by atoms with E-state index in [9.17, 15) is 0 Å². The van der Waals surface area contributed by atoms with Gasteiger partial charge in [-0.3, -0.25) is 0 Å². The van der Waals surface area contributed by atoms with Crippen molar-refractivity contribution in [2.24, 2.45) is 0 Å². The molecule has 0 aliphatic heterocycles. The first kappa shape index (κ1) is 42.1. The molecular weight excluding hydrogens is 605 g/mol. The average Bonchev–Trinajstić information content (AvgIpc) is 3.61. The maximum absolute atomic E-state index is 2.59. The molecule has 2 unspecified atom stereocenters. The number of hydrogen-bond acceptors (Lipinski definition) is 0. The van der Waals surface area contributed by atoms with Gasteiger partial charge in [-0.1, -0.05) is 223 Å². The van der Waals surface area contributed by atoms with E-state index >= 15 is 0 Å². The molecule has 2 nitrogen and oxygen atoms in total. The van der Waals surface area contributed by atoms with Gasteiger partial charge in [0.05, 0.1) is 6.54 Å². The third-order valence-corrected chi connectivity index (χ3v) is 11.5. The van der Waals surface area contributed by atoms with Crippen molar-refractivity contribution in [2.45, 2.75) is 212 Å². The molecule has 280 valence electrons. The highest BCUT2D eigenvalue weighted by molar-refractivity contribution is 5.30. The van der Waals surface area contributed by atoms with Crippen LogP contribution < -0.4 is 4.57 Å². The fourth-order valence-corrected chi connectivity index (χ4v) is 8.27. The number of unbranched alkanes of at least 4 members (excludes halogenated alkanes) is 23.